The van der Waals surface area contributed by atoms with Crippen LogP contribution in [0.2, 0.25) is 0 Å². The molecule has 3 heteroatoms. The van der Waals surface area contributed by atoms with E-state index in [2.05, 4.69) is 11.1 Å². The van der Waals surface area contributed by atoms with Gasteiger partial charge in [-0.15, -0.1) is 0 Å². The van der Waals surface area contributed by atoms with Gasteiger partial charge in [0.2, 0.25) is 5.56 Å². The number of rotatable bonds is 2. The molecule has 0 bridgehead atoms. The average Bonchev–Trinajstić information content (AvgIpc) is 2.48. The van der Waals surface area contributed by atoms with Crippen molar-refractivity contribution in [2.45, 2.75) is 6.42 Å². The predicted molar refractivity (Wildman–Crippen MR) is 78.5 cm³/mol. The van der Waals surface area contributed by atoms with Gasteiger partial charge in [0.15, 0.2) is 0 Å². The van der Waals surface area contributed by atoms with Gasteiger partial charge in [-0.3, -0.25) is 4.79 Å². The molecule has 3 aromatic rings. The molecule has 0 saturated carbocycles. The normalized spacial score (nSPS) is 10.3. The summed E-state index contributed by atoms with van der Waals surface area (Å²) in [6.45, 7) is 0. The van der Waals surface area contributed by atoms with Crippen LogP contribution in [0, 0.1) is 11.3 Å². The van der Waals surface area contributed by atoms with Gasteiger partial charge in [0.1, 0.15) is 0 Å². The number of benzene rings is 2. The number of fused-ring (bicyclic) bond motifs is 1. The van der Waals surface area contributed by atoms with Crippen LogP contribution in [-0.4, -0.2) is 4.98 Å². The quantitative estimate of drug-likeness (QED) is 0.770. The third-order valence-corrected chi connectivity index (χ3v) is 3.37. The summed E-state index contributed by atoms with van der Waals surface area (Å²) >= 11 is 0. The Labute approximate surface area is 116 Å². The minimum absolute atomic E-state index is 0.0968. The predicted octanol–water partition coefficient (Wildman–Crippen LogP) is 2.99. The van der Waals surface area contributed by atoms with Gasteiger partial charge in [0.05, 0.1) is 11.6 Å². The minimum atomic E-state index is -0.0968. The Morgan fingerprint density at radius 1 is 1.05 bits per heavy atom. The van der Waals surface area contributed by atoms with Crippen molar-refractivity contribution in [2.75, 3.05) is 0 Å². The monoisotopic (exact) mass is 260 g/mol. The highest BCUT2D eigenvalue weighted by atomic mass is 16.1. The van der Waals surface area contributed by atoms with Gasteiger partial charge in [-0.1, -0.05) is 30.3 Å². The second-order valence-electron chi connectivity index (χ2n) is 4.67. The standard InChI is InChI=1S/C17H12N2O/c18-11-14-6-5-13(15-3-1-2-4-16(14)15)9-12-7-8-19-17(20)10-12/h1-8,10H,9H2,(H,19,20). The highest BCUT2D eigenvalue weighted by molar-refractivity contribution is 5.90. The number of H-pyrrole nitrogens is 1. The molecule has 1 heterocycles. The van der Waals surface area contributed by atoms with Crippen molar-refractivity contribution in [1.82, 2.24) is 4.98 Å². The molecule has 2 aromatic carbocycles. The number of aromatic amines is 1. The van der Waals surface area contributed by atoms with Crippen molar-refractivity contribution < 1.29 is 0 Å². The van der Waals surface area contributed by atoms with Crippen LogP contribution in [0.4, 0.5) is 0 Å². The number of hydrogen-bond acceptors (Lipinski definition) is 2. The Bertz CT molecular complexity index is 872. The summed E-state index contributed by atoms with van der Waals surface area (Å²) in [5, 5.41) is 11.2. The molecular formula is C17H12N2O. The van der Waals surface area contributed by atoms with Crippen molar-refractivity contribution in [3.8, 4) is 6.07 Å². The van der Waals surface area contributed by atoms with E-state index in [9.17, 15) is 4.79 Å². The molecule has 0 aliphatic carbocycles. The van der Waals surface area contributed by atoms with E-state index in [1.54, 1.807) is 12.3 Å². The van der Waals surface area contributed by atoms with E-state index >= 15 is 0 Å². The molecule has 3 nitrogen and oxygen atoms in total. The van der Waals surface area contributed by atoms with Crippen LogP contribution in [0.15, 0.2) is 59.5 Å². The summed E-state index contributed by atoms with van der Waals surface area (Å²) in [5.41, 5.74) is 2.66. The lowest BCUT2D eigenvalue weighted by Gasteiger charge is -2.08. The topological polar surface area (TPSA) is 56.6 Å². The van der Waals surface area contributed by atoms with Crippen molar-refractivity contribution >= 4 is 10.8 Å². The summed E-state index contributed by atoms with van der Waals surface area (Å²) in [5.74, 6) is 0. The number of nitriles is 1. The Balaban J connectivity index is 2.14. The maximum absolute atomic E-state index is 11.3. The van der Waals surface area contributed by atoms with Gasteiger partial charge in [0.25, 0.3) is 0 Å². The summed E-state index contributed by atoms with van der Waals surface area (Å²) < 4.78 is 0. The lowest BCUT2D eigenvalue weighted by molar-refractivity contribution is 1.14. The van der Waals surface area contributed by atoms with Gasteiger partial charge in [-0.2, -0.15) is 5.26 Å². The zero-order valence-electron chi connectivity index (χ0n) is 10.8. The van der Waals surface area contributed by atoms with Gasteiger partial charge in [0, 0.05) is 12.3 Å². The van der Waals surface area contributed by atoms with E-state index in [0.29, 0.717) is 12.0 Å². The smallest absolute Gasteiger partial charge is 0.248 e. The Morgan fingerprint density at radius 2 is 1.85 bits per heavy atom. The maximum Gasteiger partial charge on any atom is 0.248 e. The van der Waals surface area contributed by atoms with Gasteiger partial charge >= 0.3 is 0 Å². The summed E-state index contributed by atoms with van der Waals surface area (Å²) in [6.07, 6.45) is 2.33. The van der Waals surface area contributed by atoms with Crippen molar-refractivity contribution in [3.05, 3.63) is 81.8 Å². The molecule has 1 N–H and O–H groups in total. The van der Waals surface area contributed by atoms with Crippen molar-refractivity contribution in [2.24, 2.45) is 0 Å². The van der Waals surface area contributed by atoms with E-state index in [1.165, 1.54) is 0 Å². The highest BCUT2D eigenvalue weighted by Gasteiger charge is 2.06. The van der Waals surface area contributed by atoms with Crippen LogP contribution in [0.25, 0.3) is 10.8 Å². The Kier molecular flexibility index (Phi) is 3.06. The molecular weight excluding hydrogens is 248 g/mol. The minimum Gasteiger partial charge on any atom is -0.329 e. The first-order valence-electron chi connectivity index (χ1n) is 6.36. The summed E-state index contributed by atoms with van der Waals surface area (Å²) in [7, 11) is 0. The molecule has 0 radical (unpaired) electrons. The third kappa shape index (κ3) is 2.19. The largest absolute Gasteiger partial charge is 0.329 e. The molecule has 0 aliphatic rings. The maximum atomic E-state index is 11.3. The fraction of sp³-hybridized carbons (Fsp3) is 0.0588. The van der Waals surface area contributed by atoms with Gasteiger partial charge < -0.3 is 4.98 Å². The number of pyridine rings is 1. The van der Waals surface area contributed by atoms with E-state index < -0.39 is 0 Å². The number of aromatic nitrogens is 1. The molecule has 0 atom stereocenters. The molecule has 20 heavy (non-hydrogen) atoms. The van der Waals surface area contributed by atoms with Crippen molar-refractivity contribution in [1.29, 1.82) is 5.26 Å². The molecule has 0 aliphatic heterocycles. The summed E-state index contributed by atoms with van der Waals surface area (Å²) in [6, 6.07) is 17.4. The van der Waals surface area contributed by atoms with E-state index in [-0.39, 0.29) is 5.56 Å². The van der Waals surface area contributed by atoms with Gasteiger partial charge in [-0.25, -0.2) is 0 Å². The number of hydrogen-bond donors (Lipinski definition) is 1. The Hall–Kier alpha value is -2.86. The van der Waals surface area contributed by atoms with Crippen LogP contribution in [0.3, 0.4) is 0 Å². The molecule has 96 valence electrons. The molecule has 0 amide bonds. The lowest BCUT2D eigenvalue weighted by Crippen LogP contribution is -2.04. The number of nitrogens with zero attached hydrogens (tertiary/aromatic N) is 1. The van der Waals surface area contributed by atoms with Crippen LogP contribution in [-0.2, 0) is 6.42 Å². The SMILES string of the molecule is N#Cc1ccc(Cc2cc[nH]c(=O)c2)c2ccccc12. The first-order valence-corrected chi connectivity index (χ1v) is 6.36. The average molecular weight is 260 g/mol. The van der Waals surface area contributed by atoms with E-state index in [0.717, 1.165) is 21.9 Å². The van der Waals surface area contributed by atoms with Crippen LogP contribution in [0.5, 0.6) is 0 Å². The first kappa shape index (κ1) is 12.2. The van der Waals surface area contributed by atoms with Crippen LogP contribution < -0.4 is 5.56 Å². The van der Waals surface area contributed by atoms with Gasteiger partial charge in [-0.05, 0) is 40.5 Å². The molecule has 1 aromatic heterocycles. The molecule has 0 saturated heterocycles. The molecule has 3 rings (SSSR count). The lowest BCUT2D eigenvalue weighted by atomic mass is 9.96. The summed E-state index contributed by atoms with van der Waals surface area (Å²) in [4.78, 5) is 14.0. The highest BCUT2D eigenvalue weighted by Crippen LogP contribution is 2.24. The molecule has 0 spiro atoms. The number of nitrogens with one attached hydrogen (secondary N) is 1. The zero-order chi connectivity index (χ0) is 13.9. The second kappa shape index (κ2) is 5.02. The second-order valence-corrected chi connectivity index (χ2v) is 4.67. The van der Waals surface area contributed by atoms with Crippen LogP contribution >= 0.6 is 0 Å². The van der Waals surface area contributed by atoms with E-state index in [1.807, 2.05) is 42.5 Å². The zero-order valence-corrected chi connectivity index (χ0v) is 10.8. The Morgan fingerprint density at radius 3 is 2.60 bits per heavy atom. The van der Waals surface area contributed by atoms with Crippen LogP contribution in [0.1, 0.15) is 16.7 Å². The third-order valence-electron chi connectivity index (χ3n) is 3.37. The molecule has 0 fully saturated rings. The van der Waals surface area contributed by atoms with E-state index in [4.69, 9.17) is 5.26 Å². The molecule has 0 unspecified atom stereocenters. The first-order chi connectivity index (χ1) is 9.78. The fourth-order valence-corrected chi connectivity index (χ4v) is 2.43. The van der Waals surface area contributed by atoms with Crippen molar-refractivity contribution in [3.63, 3.8) is 0 Å². The fourth-order valence-electron chi connectivity index (χ4n) is 2.43.